The average Bonchev–Trinajstić information content (AvgIpc) is 3.58. The van der Waals surface area contributed by atoms with E-state index in [2.05, 4.69) is 6.58 Å². The lowest BCUT2D eigenvalue weighted by molar-refractivity contribution is -0.137. The van der Waals surface area contributed by atoms with Gasteiger partial charge in [-0.25, -0.2) is 4.68 Å². The van der Waals surface area contributed by atoms with Crippen LogP contribution in [0.4, 0.5) is 13.2 Å². The summed E-state index contributed by atoms with van der Waals surface area (Å²) in [7, 11) is 0. The highest BCUT2D eigenvalue weighted by Crippen LogP contribution is 2.42. The minimum absolute atomic E-state index is 0.221. The molecule has 2 N–H and O–H groups in total. The van der Waals surface area contributed by atoms with Crippen molar-refractivity contribution in [3.8, 4) is 16.9 Å². The fraction of sp³-hybridized carbons (Fsp3) is 0.154. The third kappa shape index (κ3) is 3.91. The number of fused-ring (bicyclic) bond motifs is 1. The van der Waals surface area contributed by atoms with E-state index in [0.29, 0.717) is 22.7 Å². The predicted molar refractivity (Wildman–Crippen MR) is 122 cm³/mol. The summed E-state index contributed by atoms with van der Waals surface area (Å²) < 4.78 is 40.8. The summed E-state index contributed by atoms with van der Waals surface area (Å²) in [6.45, 7) is 3.83. The maximum atomic E-state index is 13.0. The van der Waals surface area contributed by atoms with Crippen LogP contribution in [0.5, 0.6) is 0 Å². The third-order valence-electron chi connectivity index (χ3n) is 5.95. The molecule has 1 aliphatic rings. The Labute approximate surface area is 188 Å². The third-order valence-corrected chi connectivity index (χ3v) is 5.95. The fourth-order valence-electron chi connectivity index (χ4n) is 4.02. The molecule has 0 bridgehead atoms. The first-order valence-electron chi connectivity index (χ1n) is 10.5. The van der Waals surface area contributed by atoms with Gasteiger partial charge >= 0.3 is 6.18 Å². The van der Waals surface area contributed by atoms with Crippen molar-refractivity contribution in [2.75, 3.05) is 0 Å². The van der Waals surface area contributed by atoms with Gasteiger partial charge in [-0.1, -0.05) is 43.0 Å². The van der Waals surface area contributed by atoms with Gasteiger partial charge in [-0.05, 0) is 60.2 Å². The van der Waals surface area contributed by atoms with Gasteiger partial charge in [-0.2, -0.15) is 18.3 Å². The van der Waals surface area contributed by atoms with Gasteiger partial charge in [-0.3, -0.25) is 4.79 Å². The molecule has 0 saturated heterocycles. The van der Waals surface area contributed by atoms with E-state index in [1.807, 2.05) is 42.5 Å². The second kappa shape index (κ2) is 7.62. The van der Waals surface area contributed by atoms with Crippen molar-refractivity contribution in [2.24, 2.45) is 5.73 Å². The molecule has 3 aromatic carbocycles. The van der Waals surface area contributed by atoms with E-state index in [4.69, 9.17) is 10.8 Å². The number of para-hydroxylation sites is 1. The summed E-state index contributed by atoms with van der Waals surface area (Å²) in [6, 6.07) is 18.3. The molecule has 1 fully saturated rings. The number of halogens is 3. The number of amides is 1. The molecule has 0 aliphatic heterocycles. The predicted octanol–water partition coefficient (Wildman–Crippen LogP) is 6.09. The molecule has 1 amide bonds. The topological polar surface area (TPSA) is 60.9 Å². The van der Waals surface area contributed by atoms with E-state index in [0.717, 1.165) is 47.1 Å². The number of hydrogen-bond acceptors (Lipinski definition) is 2. The second-order valence-electron chi connectivity index (χ2n) is 8.28. The van der Waals surface area contributed by atoms with Crippen LogP contribution in [0.1, 0.15) is 35.4 Å². The van der Waals surface area contributed by atoms with Crippen LogP contribution in [-0.2, 0) is 11.0 Å². The van der Waals surface area contributed by atoms with E-state index >= 15 is 0 Å². The van der Waals surface area contributed by atoms with Crippen LogP contribution < -0.4 is 5.73 Å². The Kier molecular flexibility index (Phi) is 4.85. The van der Waals surface area contributed by atoms with Crippen LogP contribution in [0.25, 0.3) is 33.4 Å². The summed E-state index contributed by atoms with van der Waals surface area (Å²) in [5.74, 6) is -0.176. The van der Waals surface area contributed by atoms with Crippen LogP contribution in [-0.4, -0.2) is 15.7 Å². The lowest BCUT2D eigenvalue weighted by Crippen LogP contribution is -2.12. The van der Waals surface area contributed by atoms with Gasteiger partial charge in [0, 0.05) is 16.5 Å². The van der Waals surface area contributed by atoms with Crippen molar-refractivity contribution >= 4 is 22.4 Å². The molecule has 33 heavy (non-hydrogen) atoms. The monoisotopic (exact) mass is 447 g/mol. The molecule has 5 rings (SSSR count). The smallest absolute Gasteiger partial charge is 0.366 e. The number of rotatable bonds is 5. The number of aromatic nitrogens is 2. The standard InChI is InChI=1S/C26H20F3N3O/c1-15(25(30)33)18-12-19(16-6-7-16)14-21(13-18)32-23-5-3-2-4-22(23)24(31-32)17-8-10-20(11-9-17)26(27,28)29/h2-5,8-14,16H,1,6-7H2,(H2,30,33). The van der Waals surface area contributed by atoms with Crippen LogP contribution in [0, 0.1) is 0 Å². The highest BCUT2D eigenvalue weighted by molar-refractivity contribution is 6.18. The van der Waals surface area contributed by atoms with E-state index in [1.54, 1.807) is 4.68 Å². The van der Waals surface area contributed by atoms with Crippen molar-refractivity contribution in [1.29, 1.82) is 0 Å². The molecule has 0 atom stereocenters. The zero-order valence-electron chi connectivity index (χ0n) is 17.6. The Morgan fingerprint density at radius 1 is 1.03 bits per heavy atom. The summed E-state index contributed by atoms with van der Waals surface area (Å²) in [4.78, 5) is 11.8. The van der Waals surface area contributed by atoms with E-state index in [9.17, 15) is 18.0 Å². The number of hydrogen-bond donors (Lipinski definition) is 1. The number of nitrogens with zero attached hydrogens (tertiary/aromatic N) is 2. The normalized spacial score (nSPS) is 13.9. The largest absolute Gasteiger partial charge is 0.416 e. The fourth-order valence-corrected chi connectivity index (χ4v) is 4.02. The molecule has 0 unspecified atom stereocenters. The Morgan fingerprint density at radius 3 is 2.36 bits per heavy atom. The first-order chi connectivity index (χ1) is 15.7. The van der Waals surface area contributed by atoms with E-state index in [1.165, 1.54) is 12.1 Å². The van der Waals surface area contributed by atoms with Gasteiger partial charge in [0.2, 0.25) is 5.91 Å². The van der Waals surface area contributed by atoms with Crippen LogP contribution in [0.3, 0.4) is 0 Å². The number of nitrogens with two attached hydrogens (primary N) is 1. The van der Waals surface area contributed by atoms with Crippen molar-refractivity contribution in [2.45, 2.75) is 24.9 Å². The molecular weight excluding hydrogens is 427 g/mol. The number of carbonyl (C=O) groups is 1. The molecule has 1 aliphatic carbocycles. The van der Waals surface area contributed by atoms with Gasteiger partial charge in [-0.15, -0.1) is 0 Å². The van der Waals surface area contributed by atoms with Crippen LogP contribution in [0.2, 0.25) is 0 Å². The molecule has 1 saturated carbocycles. The van der Waals surface area contributed by atoms with E-state index < -0.39 is 17.6 Å². The maximum absolute atomic E-state index is 13.0. The quantitative estimate of drug-likeness (QED) is 0.377. The summed E-state index contributed by atoms with van der Waals surface area (Å²) in [6.07, 6.45) is -2.26. The minimum atomic E-state index is -4.40. The summed E-state index contributed by atoms with van der Waals surface area (Å²) in [5, 5.41) is 5.59. The maximum Gasteiger partial charge on any atom is 0.416 e. The van der Waals surface area contributed by atoms with Gasteiger partial charge in [0.1, 0.15) is 5.69 Å². The van der Waals surface area contributed by atoms with Gasteiger partial charge in [0.25, 0.3) is 0 Å². The number of alkyl halides is 3. The molecule has 4 nitrogen and oxygen atoms in total. The van der Waals surface area contributed by atoms with Crippen molar-refractivity contribution < 1.29 is 18.0 Å². The molecular formula is C26H20F3N3O. The Morgan fingerprint density at radius 2 is 1.73 bits per heavy atom. The Balaban J connectivity index is 1.67. The zero-order chi connectivity index (χ0) is 23.3. The summed E-state index contributed by atoms with van der Waals surface area (Å²) in [5.41, 5.74) is 9.41. The number of benzene rings is 3. The lowest BCUT2D eigenvalue weighted by atomic mass is 10.0. The first kappa shape index (κ1) is 21.0. The summed E-state index contributed by atoms with van der Waals surface area (Å²) >= 11 is 0. The molecule has 0 radical (unpaired) electrons. The van der Waals surface area contributed by atoms with Crippen molar-refractivity contribution in [1.82, 2.24) is 9.78 Å². The SMILES string of the molecule is C=C(C(N)=O)c1cc(C2CC2)cc(-n2nc(-c3ccc(C(F)(F)F)cc3)c3ccccc32)c1. The molecule has 4 aromatic rings. The van der Waals surface area contributed by atoms with E-state index in [-0.39, 0.29) is 5.57 Å². The zero-order valence-corrected chi connectivity index (χ0v) is 17.6. The van der Waals surface area contributed by atoms with Crippen LogP contribution in [0.15, 0.2) is 73.3 Å². The highest BCUT2D eigenvalue weighted by Gasteiger charge is 2.30. The first-order valence-corrected chi connectivity index (χ1v) is 10.5. The molecule has 1 aromatic heterocycles. The van der Waals surface area contributed by atoms with Gasteiger partial charge in [0.15, 0.2) is 0 Å². The molecule has 166 valence electrons. The minimum Gasteiger partial charge on any atom is -0.366 e. The molecule has 0 spiro atoms. The molecule has 7 heteroatoms. The van der Waals surface area contributed by atoms with Gasteiger partial charge in [0.05, 0.1) is 16.8 Å². The Hall–Kier alpha value is -3.87. The lowest BCUT2D eigenvalue weighted by Gasteiger charge is -2.11. The number of primary amides is 1. The van der Waals surface area contributed by atoms with Crippen LogP contribution >= 0.6 is 0 Å². The Bertz CT molecular complexity index is 1400. The highest BCUT2D eigenvalue weighted by atomic mass is 19.4. The van der Waals surface area contributed by atoms with Crippen molar-refractivity contribution in [3.63, 3.8) is 0 Å². The number of carbonyl (C=O) groups excluding carboxylic acids is 1. The second-order valence-corrected chi connectivity index (χ2v) is 8.28. The van der Waals surface area contributed by atoms with Crippen molar-refractivity contribution in [3.05, 3.63) is 90.0 Å². The molecule has 1 heterocycles. The van der Waals surface area contributed by atoms with Gasteiger partial charge < -0.3 is 5.73 Å². The average molecular weight is 447 g/mol.